The van der Waals surface area contributed by atoms with Crippen LogP contribution in [0.3, 0.4) is 0 Å². The maximum Gasteiger partial charge on any atom is 0.283 e. The van der Waals surface area contributed by atoms with E-state index in [2.05, 4.69) is 10.1 Å². The highest BCUT2D eigenvalue weighted by atomic mass is 35.5. The second-order valence-electron chi connectivity index (χ2n) is 6.03. The van der Waals surface area contributed by atoms with Crippen LogP contribution >= 0.6 is 23.4 Å². The van der Waals surface area contributed by atoms with Crippen LogP contribution < -0.4 is 0 Å². The van der Waals surface area contributed by atoms with E-state index in [1.54, 1.807) is 12.1 Å². The molecule has 2 aliphatic heterocycles. The number of nitrogens with one attached hydrogen (secondary N) is 1. The molecule has 0 aliphatic carbocycles. The molecule has 3 heterocycles. The fourth-order valence-electron chi connectivity index (χ4n) is 2.65. The molecule has 1 amide bonds. The summed E-state index contributed by atoms with van der Waals surface area (Å²) in [5.41, 5.74) is 1.97. The van der Waals surface area contributed by atoms with Gasteiger partial charge in [0.15, 0.2) is 5.84 Å². The SMILES string of the molecule is CCC1=NN2C(=N)C(=Cc3ccc(-c4ccc(C)c(Cl)c4)o3)C(=O)N=C2S1. The first kappa shape index (κ1) is 17.8. The Balaban J connectivity index is 1.65. The van der Waals surface area contributed by atoms with Gasteiger partial charge in [-0.25, -0.2) is 0 Å². The number of carbonyl (C=O) groups excluding carboxylic acids is 1. The van der Waals surface area contributed by atoms with Gasteiger partial charge < -0.3 is 4.42 Å². The van der Waals surface area contributed by atoms with Gasteiger partial charge in [-0.05, 0) is 54.9 Å². The predicted octanol–water partition coefficient (Wildman–Crippen LogP) is 4.94. The van der Waals surface area contributed by atoms with E-state index in [1.165, 1.54) is 22.8 Å². The van der Waals surface area contributed by atoms with Crippen molar-refractivity contribution in [1.29, 1.82) is 5.41 Å². The minimum absolute atomic E-state index is 0.00252. The monoisotopic (exact) mass is 398 g/mol. The van der Waals surface area contributed by atoms with Crippen molar-refractivity contribution in [2.45, 2.75) is 20.3 Å². The molecule has 0 saturated carbocycles. The number of hydrogen-bond acceptors (Lipinski definition) is 5. The van der Waals surface area contributed by atoms with Crippen molar-refractivity contribution < 1.29 is 9.21 Å². The van der Waals surface area contributed by atoms with E-state index in [9.17, 15) is 4.79 Å². The van der Waals surface area contributed by atoms with Gasteiger partial charge in [0.1, 0.15) is 16.6 Å². The summed E-state index contributed by atoms with van der Waals surface area (Å²) in [5.74, 6) is 0.616. The molecule has 0 spiro atoms. The number of amidine groups is 2. The Morgan fingerprint density at radius 2 is 2.15 bits per heavy atom. The molecule has 0 bridgehead atoms. The van der Waals surface area contributed by atoms with Crippen LogP contribution in [0.25, 0.3) is 17.4 Å². The lowest BCUT2D eigenvalue weighted by molar-refractivity contribution is -0.114. The fourth-order valence-corrected chi connectivity index (χ4v) is 3.65. The highest BCUT2D eigenvalue weighted by molar-refractivity contribution is 8.26. The number of nitrogens with zero attached hydrogens (tertiary/aromatic N) is 3. The second kappa shape index (κ2) is 6.83. The third kappa shape index (κ3) is 3.24. The van der Waals surface area contributed by atoms with Crippen molar-refractivity contribution in [3.63, 3.8) is 0 Å². The number of thioether (sulfide) groups is 1. The molecule has 1 N–H and O–H groups in total. The lowest BCUT2D eigenvalue weighted by Gasteiger charge is -2.19. The van der Waals surface area contributed by atoms with Gasteiger partial charge >= 0.3 is 0 Å². The van der Waals surface area contributed by atoms with Gasteiger partial charge in [-0.1, -0.05) is 30.7 Å². The first-order valence-electron chi connectivity index (χ1n) is 8.31. The fraction of sp³-hybridized carbons (Fsp3) is 0.158. The Labute approximate surface area is 165 Å². The highest BCUT2D eigenvalue weighted by Crippen LogP contribution is 2.31. The van der Waals surface area contributed by atoms with E-state index in [4.69, 9.17) is 21.4 Å². The van der Waals surface area contributed by atoms with Crippen molar-refractivity contribution in [3.8, 4) is 11.3 Å². The number of aliphatic imine (C=N–C) groups is 1. The van der Waals surface area contributed by atoms with Gasteiger partial charge in [0, 0.05) is 10.6 Å². The molecule has 0 unspecified atom stereocenters. The molecule has 2 aromatic rings. The molecule has 4 rings (SSSR count). The summed E-state index contributed by atoms with van der Waals surface area (Å²) < 4.78 is 5.83. The second-order valence-corrected chi connectivity index (χ2v) is 7.48. The third-order valence-electron chi connectivity index (χ3n) is 4.17. The number of aryl methyl sites for hydroxylation is 1. The van der Waals surface area contributed by atoms with Crippen LogP contribution in [-0.4, -0.2) is 27.0 Å². The summed E-state index contributed by atoms with van der Waals surface area (Å²) in [6.07, 6.45) is 2.25. The number of furan rings is 1. The Morgan fingerprint density at radius 3 is 2.89 bits per heavy atom. The standard InChI is InChI=1S/C19H15ClN4O2S/c1-3-16-23-24-17(21)13(18(25)22-19(24)27-16)9-12-6-7-15(26-12)11-5-4-10(2)14(20)8-11/h4-9,21H,3H2,1-2H3. The number of benzene rings is 1. The normalized spacial score (nSPS) is 18.0. The lowest BCUT2D eigenvalue weighted by Crippen LogP contribution is -2.35. The minimum atomic E-state index is -0.470. The Bertz CT molecular complexity index is 1070. The molecule has 2 aliphatic rings. The highest BCUT2D eigenvalue weighted by Gasteiger charge is 2.35. The number of hydrogen-bond donors (Lipinski definition) is 1. The van der Waals surface area contributed by atoms with E-state index in [1.807, 2.05) is 32.0 Å². The molecule has 8 heteroatoms. The number of rotatable bonds is 3. The summed E-state index contributed by atoms with van der Waals surface area (Å²) in [6, 6.07) is 9.22. The maximum atomic E-state index is 12.4. The molecule has 0 radical (unpaired) electrons. The molecular formula is C19H15ClN4O2S. The average Bonchev–Trinajstić information content (AvgIpc) is 3.28. The maximum absolute atomic E-state index is 12.4. The van der Waals surface area contributed by atoms with Crippen LogP contribution in [0.5, 0.6) is 0 Å². The van der Waals surface area contributed by atoms with Gasteiger partial charge in [-0.3, -0.25) is 10.2 Å². The van der Waals surface area contributed by atoms with E-state index in [0.717, 1.165) is 22.6 Å². The molecule has 0 atom stereocenters. The lowest BCUT2D eigenvalue weighted by atomic mass is 10.1. The quantitative estimate of drug-likeness (QED) is 0.742. The molecule has 0 saturated heterocycles. The summed E-state index contributed by atoms with van der Waals surface area (Å²) in [7, 11) is 0. The van der Waals surface area contributed by atoms with Crippen molar-refractivity contribution in [2.75, 3.05) is 0 Å². The Kier molecular flexibility index (Phi) is 4.49. The van der Waals surface area contributed by atoms with Crippen LogP contribution in [0, 0.1) is 12.3 Å². The van der Waals surface area contributed by atoms with Gasteiger partial charge in [0.25, 0.3) is 5.91 Å². The summed E-state index contributed by atoms with van der Waals surface area (Å²) in [6.45, 7) is 3.90. The number of fused-ring (bicyclic) bond motifs is 1. The van der Waals surface area contributed by atoms with E-state index >= 15 is 0 Å². The smallest absolute Gasteiger partial charge is 0.283 e. The summed E-state index contributed by atoms with van der Waals surface area (Å²) in [4.78, 5) is 16.4. The first-order valence-corrected chi connectivity index (χ1v) is 9.51. The van der Waals surface area contributed by atoms with Crippen LogP contribution in [0.4, 0.5) is 0 Å². The number of halogens is 1. The van der Waals surface area contributed by atoms with Gasteiger partial charge in [0.2, 0.25) is 5.17 Å². The van der Waals surface area contributed by atoms with Crippen LogP contribution in [-0.2, 0) is 4.79 Å². The molecule has 6 nitrogen and oxygen atoms in total. The van der Waals surface area contributed by atoms with E-state index in [-0.39, 0.29) is 11.4 Å². The first-order chi connectivity index (χ1) is 13.0. The Morgan fingerprint density at radius 1 is 1.33 bits per heavy atom. The predicted molar refractivity (Wildman–Crippen MR) is 109 cm³/mol. The van der Waals surface area contributed by atoms with Crippen molar-refractivity contribution in [2.24, 2.45) is 10.1 Å². The number of hydrazone groups is 1. The van der Waals surface area contributed by atoms with Gasteiger partial charge in [-0.2, -0.15) is 15.1 Å². The summed E-state index contributed by atoms with van der Waals surface area (Å²) >= 11 is 7.49. The zero-order valence-electron chi connectivity index (χ0n) is 14.6. The van der Waals surface area contributed by atoms with Gasteiger partial charge in [-0.15, -0.1) is 0 Å². The molecule has 0 fully saturated rings. The van der Waals surface area contributed by atoms with E-state index in [0.29, 0.717) is 21.7 Å². The molecule has 1 aromatic carbocycles. The van der Waals surface area contributed by atoms with Crippen LogP contribution in [0.2, 0.25) is 5.02 Å². The molecule has 136 valence electrons. The van der Waals surface area contributed by atoms with E-state index < -0.39 is 5.91 Å². The molecular weight excluding hydrogens is 384 g/mol. The van der Waals surface area contributed by atoms with Crippen molar-refractivity contribution >= 4 is 51.4 Å². The number of carbonyl (C=O) groups is 1. The largest absolute Gasteiger partial charge is 0.457 e. The molecule has 27 heavy (non-hydrogen) atoms. The average molecular weight is 399 g/mol. The molecule has 1 aromatic heterocycles. The zero-order chi connectivity index (χ0) is 19.1. The third-order valence-corrected chi connectivity index (χ3v) is 5.63. The Hall–Kier alpha value is -2.64. The summed E-state index contributed by atoms with van der Waals surface area (Å²) in [5, 5.41) is 15.9. The van der Waals surface area contributed by atoms with Crippen molar-refractivity contribution in [1.82, 2.24) is 5.01 Å². The minimum Gasteiger partial charge on any atom is -0.457 e. The number of amides is 1. The topological polar surface area (TPSA) is 82.0 Å². The van der Waals surface area contributed by atoms with Crippen molar-refractivity contribution in [3.05, 3.63) is 52.3 Å². The van der Waals surface area contributed by atoms with Crippen LogP contribution in [0.15, 0.2) is 50.4 Å². The van der Waals surface area contributed by atoms with Crippen LogP contribution in [0.1, 0.15) is 24.7 Å². The van der Waals surface area contributed by atoms with Gasteiger partial charge in [0.05, 0.1) is 5.57 Å². The zero-order valence-corrected chi connectivity index (χ0v) is 16.2.